The summed E-state index contributed by atoms with van der Waals surface area (Å²) in [6.07, 6.45) is 0.0819. The average molecular weight is 996 g/mol. The summed E-state index contributed by atoms with van der Waals surface area (Å²) in [7, 11) is -4.52. The lowest BCUT2D eigenvalue weighted by Gasteiger charge is -2.41. The van der Waals surface area contributed by atoms with Crippen LogP contribution in [0.15, 0.2) is 84.9 Å². The quantitative estimate of drug-likeness (QED) is 0.0567. The molecule has 69 heavy (non-hydrogen) atoms. The molecular formula is C51H62F4N5O7PS. The van der Waals surface area contributed by atoms with Gasteiger partial charge >= 0.3 is 19.7 Å². The van der Waals surface area contributed by atoms with Crippen molar-refractivity contribution in [3.8, 4) is 5.75 Å². The number of para-hydroxylation sites is 1. The lowest BCUT2D eigenvalue weighted by Crippen LogP contribution is -2.59. The maximum atomic E-state index is 16.7. The molecule has 0 bridgehead atoms. The van der Waals surface area contributed by atoms with Gasteiger partial charge in [-0.3, -0.25) is 23.7 Å². The van der Waals surface area contributed by atoms with Crippen molar-refractivity contribution in [3.05, 3.63) is 101 Å². The second-order valence-electron chi connectivity index (χ2n) is 19.1. The van der Waals surface area contributed by atoms with Crippen molar-refractivity contribution < 1.29 is 50.6 Å². The number of hydrogen-bond donors (Lipinski definition) is 2. The molecule has 4 heterocycles. The van der Waals surface area contributed by atoms with Gasteiger partial charge in [-0.05, 0) is 131 Å². The lowest BCUT2D eigenvalue weighted by atomic mass is 9.93. The average Bonchev–Trinajstić information content (AvgIpc) is 3.60. The summed E-state index contributed by atoms with van der Waals surface area (Å²) in [5.41, 5.74) is 0.900. The molecule has 1 unspecified atom stereocenters. The van der Waals surface area contributed by atoms with E-state index in [1.165, 1.54) is 36.8 Å². The van der Waals surface area contributed by atoms with Gasteiger partial charge in [-0.2, -0.15) is 13.2 Å². The van der Waals surface area contributed by atoms with Crippen LogP contribution in [0.5, 0.6) is 5.75 Å². The summed E-state index contributed by atoms with van der Waals surface area (Å²) < 4.78 is 82.6. The Balaban J connectivity index is 1.04. The normalized spacial score (nSPS) is 24.1. The molecule has 3 amide bonds. The Kier molecular flexibility index (Phi) is 15.6. The van der Waals surface area contributed by atoms with E-state index in [1.54, 1.807) is 35.2 Å². The number of alkyl halides is 4. The molecule has 3 aliphatic heterocycles. The number of benzene rings is 3. The van der Waals surface area contributed by atoms with Gasteiger partial charge in [-0.25, -0.2) is 9.48 Å². The van der Waals surface area contributed by atoms with Crippen LogP contribution < -0.4 is 14.9 Å². The minimum Gasteiger partial charge on any atom is -0.465 e. The molecule has 1 aliphatic carbocycles. The van der Waals surface area contributed by atoms with Gasteiger partial charge in [-0.15, -0.1) is 11.3 Å². The second kappa shape index (κ2) is 21.3. The number of carbonyl (C=O) groups is 4. The first kappa shape index (κ1) is 50.6. The third-order valence-electron chi connectivity index (χ3n) is 14.3. The highest BCUT2D eigenvalue weighted by Crippen LogP contribution is 2.58. The van der Waals surface area contributed by atoms with Gasteiger partial charge in [0.1, 0.15) is 23.9 Å². The molecule has 18 heteroatoms. The molecule has 4 fully saturated rings. The zero-order chi connectivity index (χ0) is 49.1. The van der Waals surface area contributed by atoms with Crippen LogP contribution in [0.25, 0.3) is 10.1 Å². The number of nitrogens with zero attached hydrogens (tertiary/aromatic N) is 3. The Labute approximate surface area is 405 Å². The molecule has 0 radical (unpaired) electrons. The number of ether oxygens (including phenoxy) is 1. The van der Waals surface area contributed by atoms with Gasteiger partial charge in [0.15, 0.2) is 0 Å². The molecule has 3 aromatic carbocycles. The van der Waals surface area contributed by atoms with Crippen molar-refractivity contribution in [1.82, 2.24) is 25.1 Å². The molecule has 3 saturated heterocycles. The number of likely N-dealkylation sites (tertiary alicyclic amines) is 1. The fourth-order valence-electron chi connectivity index (χ4n) is 10.6. The molecule has 4 aromatic rings. The predicted molar refractivity (Wildman–Crippen MR) is 257 cm³/mol. The van der Waals surface area contributed by atoms with Crippen LogP contribution in [-0.2, 0) is 23.7 Å². The van der Waals surface area contributed by atoms with Gasteiger partial charge in [0, 0.05) is 41.2 Å². The SMILES string of the molecule is CCCOC(=O)[C@H](C)NP(=O)(Oc1ccccc1)[C@@H](F)c1ccc2sc(C(=O)N[C@H]3CC[C@H](N(CC)CCCC(F)(F)F)C[C@H]4CC[C@@H](C(=O)N5C[C@H](c6ccccc6)CC56CC6)N4C3=O)cc2c1. The van der Waals surface area contributed by atoms with Crippen molar-refractivity contribution in [1.29, 1.82) is 0 Å². The summed E-state index contributed by atoms with van der Waals surface area (Å²) in [5.74, 6) is -3.67. The van der Waals surface area contributed by atoms with E-state index < -0.39 is 56.0 Å². The van der Waals surface area contributed by atoms with Crippen LogP contribution in [0, 0.1) is 0 Å². The Morgan fingerprint density at radius 3 is 2.38 bits per heavy atom. The highest BCUT2D eigenvalue weighted by Gasteiger charge is 2.58. The number of thiophene rings is 1. The molecule has 8 atom stereocenters. The van der Waals surface area contributed by atoms with Crippen LogP contribution in [-0.4, -0.2) is 107 Å². The molecule has 1 spiro atoms. The summed E-state index contributed by atoms with van der Waals surface area (Å²) in [6.45, 7) is 6.55. The van der Waals surface area contributed by atoms with E-state index in [-0.39, 0.29) is 77.5 Å². The number of halogens is 4. The Morgan fingerprint density at radius 2 is 1.70 bits per heavy atom. The van der Waals surface area contributed by atoms with E-state index >= 15 is 4.39 Å². The van der Waals surface area contributed by atoms with E-state index in [2.05, 4.69) is 22.5 Å². The van der Waals surface area contributed by atoms with Crippen LogP contribution in [0.2, 0.25) is 0 Å². The van der Waals surface area contributed by atoms with Crippen LogP contribution in [0.1, 0.15) is 124 Å². The van der Waals surface area contributed by atoms with E-state index in [0.717, 1.165) is 30.6 Å². The highest BCUT2D eigenvalue weighted by atomic mass is 32.1. The number of carbonyl (C=O) groups excluding carboxylic acids is 4. The lowest BCUT2D eigenvalue weighted by molar-refractivity contribution is -0.148. The van der Waals surface area contributed by atoms with Crippen LogP contribution in [0.3, 0.4) is 0 Å². The van der Waals surface area contributed by atoms with Crippen molar-refractivity contribution in [3.63, 3.8) is 0 Å². The Bertz CT molecular complexity index is 2510. The number of fused-ring (bicyclic) bond motifs is 2. The first-order valence-electron chi connectivity index (χ1n) is 24.3. The third kappa shape index (κ3) is 11.5. The molecule has 2 N–H and O–H groups in total. The number of amides is 3. The number of hydrogen-bond acceptors (Lipinski definition) is 9. The number of esters is 1. The summed E-state index contributed by atoms with van der Waals surface area (Å²) >= 11 is 1.13. The fourth-order valence-corrected chi connectivity index (χ4v) is 13.5. The smallest absolute Gasteiger partial charge is 0.389 e. The molecule has 4 aliphatic rings. The molecule has 8 rings (SSSR count). The maximum Gasteiger partial charge on any atom is 0.389 e. The van der Waals surface area contributed by atoms with E-state index in [9.17, 15) is 36.9 Å². The largest absolute Gasteiger partial charge is 0.465 e. The van der Waals surface area contributed by atoms with Gasteiger partial charge in [0.2, 0.25) is 17.7 Å². The molecule has 1 aromatic heterocycles. The summed E-state index contributed by atoms with van der Waals surface area (Å²) in [4.78, 5) is 62.7. The Hall–Kier alpha value is -4.83. The molecular weight excluding hydrogens is 934 g/mol. The monoisotopic (exact) mass is 995 g/mol. The third-order valence-corrected chi connectivity index (χ3v) is 17.5. The first-order chi connectivity index (χ1) is 33.0. The highest BCUT2D eigenvalue weighted by molar-refractivity contribution is 7.57. The summed E-state index contributed by atoms with van der Waals surface area (Å²) in [5, 5.41) is 6.03. The number of nitrogens with one attached hydrogen (secondary N) is 2. The van der Waals surface area contributed by atoms with Gasteiger partial charge in [0.25, 0.3) is 5.91 Å². The Morgan fingerprint density at radius 1 is 0.971 bits per heavy atom. The topological polar surface area (TPSA) is 138 Å². The van der Waals surface area contributed by atoms with Crippen molar-refractivity contribution in [2.75, 3.05) is 26.2 Å². The van der Waals surface area contributed by atoms with Crippen molar-refractivity contribution in [2.24, 2.45) is 0 Å². The van der Waals surface area contributed by atoms with Crippen molar-refractivity contribution >= 4 is 52.6 Å². The van der Waals surface area contributed by atoms with Crippen LogP contribution >= 0.6 is 18.9 Å². The van der Waals surface area contributed by atoms with Crippen molar-refractivity contribution in [2.45, 2.75) is 145 Å². The van der Waals surface area contributed by atoms with Gasteiger partial charge in [-0.1, -0.05) is 68.4 Å². The standard InChI is InChI=1S/C51H62F4N5O7PS/c1-4-27-66-49(64)33(3)57-68(65,67-40-15-10-7-11-16-40)45(52)35-17-22-43-36(28-35)29-44(69-43)46(61)56-41-20-18-38(58(5-2)26-12-23-51(53,54)55)30-39-19-21-42(60(39)47(41)62)48(63)59-32-37(31-50(59)24-25-50)34-13-8-6-9-14-34/h6-11,13-17,22,28-29,33,37-39,41-42,45H,4-5,12,18-21,23-27,30-32H2,1-3H3,(H,56,61)(H,57,65)/t33-,37+,38-,39+,41-,42-,45+,68?/m0/s1. The minimum atomic E-state index is -4.52. The fraction of sp³-hybridized carbons (Fsp3) is 0.529. The molecule has 1 saturated carbocycles. The second-order valence-corrected chi connectivity index (χ2v) is 22.3. The van der Waals surface area contributed by atoms with E-state index in [1.807, 2.05) is 41.8 Å². The first-order valence-corrected chi connectivity index (χ1v) is 26.8. The van der Waals surface area contributed by atoms with Crippen LogP contribution in [0.4, 0.5) is 17.6 Å². The van der Waals surface area contributed by atoms with Gasteiger partial charge < -0.3 is 29.3 Å². The zero-order valence-electron chi connectivity index (χ0n) is 39.3. The van der Waals surface area contributed by atoms with Gasteiger partial charge in [0.05, 0.1) is 11.5 Å². The maximum absolute atomic E-state index is 16.7. The van der Waals surface area contributed by atoms with E-state index in [0.29, 0.717) is 55.3 Å². The van der Waals surface area contributed by atoms with E-state index in [4.69, 9.17) is 9.26 Å². The molecule has 372 valence electrons. The number of rotatable bonds is 18. The zero-order valence-corrected chi connectivity index (χ0v) is 41.0. The minimum absolute atomic E-state index is 0.0260. The predicted octanol–water partition coefficient (Wildman–Crippen LogP) is 10.3. The molecule has 12 nitrogen and oxygen atoms in total. The summed E-state index contributed by atoms with van der Waals surface area (Å²) in [6, 6.07) is 20.8.